The molecular weight excluding hydrogens is 938 g/mol. The third-order valence-electron chi connectivity index (χ3n) is 11.7. The third kappa shape index (κ3) is 13.5. The van der Waals surface area contributed by atoms with Gasteiger partial charge in [0, 0.05) is 60.2 Å². The Labute approximate surface area is 415 Å². The molecule has 0 amide bonds. The monoisotopic (exact) mass is 987 g/mol. The van der Waals surface area contributed by atoms with Crippen LogP contribution in [0.15, 0.2) is 97.6 Å². The summed E-state index contributed by atoms with van der Waals surface area (Å²) in [4.78, 5) is 31.9. The summed E-state index contributed by atoms with van der Waals surface area (Å²) >= 11 is 13.6. The van der Waals surface area contributed by atoms with E-state index in [0.29, 0.717) is 56.4 Å². The highest BCUT2D eigenvalue weighted by molar-refractivity contribution is 6.32. The first-order chi connectivity index (χ1) is 33.6. The predicted octanol–water partition coefficient (Wildman–Crippen LogP) is 9.06. The van der Waals surface area contributed by atoms with E-state index in [1.165, 1.54) is 26.2 Å². The van der Waals surface area contributed by atoms with E-state index in [0.717, 1.165) is 33.4 Å². The summed E-state index contributed by atoms with van der Waals surface area (Å²) in [6, 6.07) is 24.6. The van der Waals surface area contributed by atoms with Gasteiger partial charge in [-0.05, 0) is 104 Å². The van der Waals surface area contributed by atoms with Crippen molar-refractivity contribution in [1.82, 2.24) is 15.3 Å². The van der Waals surface area contributed by atoms with Gasteiger partial charge in [-0.15, -0.1) is 0 Å². The van der Waals surface area contributed by atoms with Crippen LogP contribution in [0, 0.1) is 42.4 Å². The lowest BCUT2D eigenvalue weighted by molar-refractivity contribution is -0.145. The molecule has 17 heteroatoms. The molecule has 0 saturated carbocycles. The highest BCUT2D eigenvalue weighted by atomic mass is 35.5. The van der Waals surface area contributed by atoms with E-state index in [9.17, 15) is 40.5 Å². The van der Waals surface area contributed by atoms with Crippen LogP contribution in [0.1, 0.15) is 75.9 Å². The Balaban J connectivity index is 1.21. The molecule has 0 saturated heterocycles. The molecule has 0 radical (unpaired) electrons. The Morgan fingerprint density at radius 3 is 1.54 bits per heavy atom. The number of rotatable bonds is 23. The maximum absolute atomic E-state index is 11.9. The van der Waals surface area contributed by atoms with Gasteiger partial charge in [-0.1, -0.05) is 59.6 Å². The first-order valence-electron chi connectivity index (χ1n) is 22.1. The fourth-order valence-corrected chi connectivity index (χ4v) is 8.17. The second-order valence-electron chi connectivity index (χ2n) is 16.7. The molecular formula is C53H51Cl2N5O10. The lowest BCUT2D eigenvalue weighted by atomic mass is 9.92. The summed E-state index contributed by atoms with van der Waals surface area (Å²) in [5.74, 6) is -1.96. The Bertz CT molecular complexity index is 2740. The van der Waals surface area contributed by atoms with Crippen molar-refractivity contribution in [3.63, 3.8) is 0 Å². The number of hydrogen-bond donors (Lipinski definition) is 5. The molecule has 0 spiro atoms. The first-order valence-corrected chi connectivity index (χ1v) is 22.9. The number of nitrogens with zero attached hydrogens (tertiary/aromatic N) is 4. The number of pyridine rings is 2. The number of ether oxygens (including phenoxy) is 4. The van der Waals surface area contributed by atoms with Gasteiger partial charge in [0.15, 0.2) is 0 Å². The van der Waals surface area contributed by atoms with Crippen LogP contribution in [0.2, 0.25) is 10.0 Å². The van der Waals surface area contributed by atoms with Crippen LogP contribution in [0.25, 0.3) is 11.1 Å². The molecule has 6 rings (SSSR count). The molecule has 2 heterocycles. The number of aliphatic hydroxyl groups is 2. The second kappa shape index (κ2) is 24.4. The maximum Gasteiger partial charge on any atom is 0.323 e. The van der Waals surface area contributed by atoms with Crippen LogP contribution in [0.5, 0.6) is 23.0 Å². The largest absolute Gasteiger partial charge is 0.488 e. The van der Waals surface area contributed by atoms with Gasteiger partial charge in [0.25, 0.3) is 0 Å². The predicted molar refractivity (Wildman–Crippen MR) is 261 cm³/mol. The van der Waals surface area contributed by atoms with Gasteiger partial charge in [0.2, 0.25) is 0 Å². The molecule has 2 aromatic heterocycles. The number of nitrogens with one attached hydrogen (secondary N) is 1. The highest BCUT2D eigenvalue weighted by Gasteiger charge is 2.25. The van der Waals surface area contributed by atoms with Crippen molar-refractivity contribution in [2.75, 3.05) is 0 Å². The van der Waals surface area contributed by atoms with Gasteiger partial charge in [-0.3, -0.25) is 24.9 Å². The third-order valence-corrected chi connectivity index (χ3v) is 12.3. The van der Waals surface area contributed by atoms with E-state index >= 15 is 0 Å². The normalized spacial score (nSPS) is 12.7. The number of hydrogen-bond acceptors (Lipinski definition) is 13. The summed E-state index contributed by atoms with van der Waals surface area (Å²) in [7, 11) is 0. The quantitative estimate of drug-likeness (QED) is 0.0402. The number of benzene rings is 4. The van der Waals surface area contributed by atoms with Gasteiger partial charge in [-0.2, -0.15) is 10.5 Å². The van der Waals surface area contributed by atoms with E-state index in [2.05, 4.69) is 27.4 Å². The van der Waals surface area contributed by atoms with Gasteiger partial charge in [-0.25, -0.2) is 0 Å². The van der Waals surface area contributed by atoms with Crippen molar-refractivity contribution >= 4 is 35.1 Å². The average molecular weight is 989 g/mol. The van der Waals surface area contributed by atoms with Gasteiger partial charge < -0.3 is 39.4 Å². The topological polar surface area (TPSA) is 237 Å². The number of halogens is 2. The molecule has 4 atom stereocenters. The van der Waals surface area contributed by atoms with Crippen molar-refractivity contribution in [3.05, 3.63) is 163 Å². The van der Waals surface area contributed by atoms with E-state index in [1.807, 2.05) is 50.2 Å². The molecule has 0 aliphatic rings. The smallest absolute Gasteiger partial charge is 0.323 e. The van der Waals surface area contributed by atoms with Crippen molar-refractivity contribution in [3.8, 4) is 46.3 Å². The molecule has 0 aliphatic heterocycles. The molecule has 0 unspecified atom stereocenters. The number of carboxylic acid groups (broad SMARTS) is 2. The molecule has 0 fully saturated rings. The minimum Gasteiger partial charge on any atom is -0.488 e. The number of aromatic nitrogens is 2. The van der Waals surface area contributed by atoms with Gasteiger partial charge in [0.05, 0.1) is 39.3 Å². The van der Waals surface area contributed by atoms with E-state index in [4.69, 9.17) is 42.1 Å². The second-order valence-corrected chi connectivity index (χ2v) is 17.5. The van der Waals surface area contributed by atoms with Crippen LogP contribution in [0.4, 0.5) is 0 Å². The molecule has 70 heavy (non-hydrogen) atoms. The Hall–Kier alpha value is -7.24. The lowest BCUT2D eigenvalue weighted by Crippen LogP contribution is -2.44. The van der Waals surface area contributed by atoms with Crippen molar-refractivity contribution in [2.45, 2.75) is 91.8 Å². The molecule has 0 bridgehead atoms. The number of nitriles is 2. The number of aliphatic hydroxyl groups excluding tert-OH is 2. The summed E-state index contributed by atoms with van der Waals surface area (Å²) in [6.45, 7) is 7.19. The van der Waals surface area contributed by atoms with E-state index in [-0.39, 0.29) is 55.9 Å². The van der Waals surface area contributed by atoms with Crippen molar-refractivity contribution < 1.29 is 49.0 Å². The van der Waals surface area contributed by atoms with Crippen molar-refractivity contribution in [1.29, 1.82) is 10.5 Å². The standard InChI is InChI=1S/C53H51Cl2N5O10/c1-30-39(28-69-49-17-47(67-26-36-13-34(19-56)21-58-23-36)38(15-45(49)54)11-12-44(32(3)61)52(63)64)7-5-9-42(30)43-10-6-8-40(31(43)2)29-70-50-18-48(68-27-37-14-35(20-57)22-59-24-37)41(16-46(50)55)25-60-51(33(4)62)53(65)66/h5-10,13-18,21-24,32-33,44,51,60-62H,11-12,25-29H2,1-4H3,(H,63,64)(H,65,66)/t32-,33-,44+,51+/m0/s1. The molecule has 362 valence electrons. The molecule has 4 aromatic carbocycles. The zero-order chi connectivity index (χ0) is 50.5. The molecule has 5 N–H and O–H groups in total. The Morgan fingerprint density at radius 2 is 1.10 bits per heavy atom. The molecule has 0 aliphatic carbocycles. The van der Waals surface area contributed by atoms with Gasteiger partial charge >= 0.3 is 11.9 Å². The minimum atomic E-state index is -1.25. The average Bonchev–Trinajstić information content (AvgIpc) is 3.33. The minimum absolute atomic E-state index is 0.00631. The number of aliphatic carboxylic acids is 2. The number of aryl methyl sites for hydroxylation is 1. The van der Waals surface area contributed by atoms with E-state index < -0.39 is 36.1 Å². The lowest BCUT2D eigenvalue weighted by Gasteiger charge is -2.20. The number of carboxylic acids is 2. The summed E-state index contributed by atoms with van der Waals surface area (Å²) < 4.78 is 25.1. The fraction of sp³-hybridized carbons (Fsp3) is 0.283. The van der Waals surface area contributed by atoms with Crippen LogP contribution in [-0.4, -0.2) is 60.6 Å². The van der Waals surface area contributed by atoms with Crippen LogP contribution in [0.3, 0.4) is 0 Å². The summed E-state index contributed by atoms with van der Waals surface area (Å²) in [6.07, 6.45) is 4.17. The molecule has 6 aromatic rings. The number of carbonyl (C=O) groups is 2. The Kier molecular flexibility index (Phi) is 18.1. The molecule has 15 nitrogen and oxygen atoms in total. The van der Waals surface area contributed by atoms with Crippen LogP contribution < -0.4 is 24.3 Å². The SMILES string of the molecule is Cc1c(COc2cc(OCc3cncc(C#N)c3)c(CC[C@@H](C(=O)O)[C@H](C)O)cc2Cl)cccc1-c1cccc(COc2cc(OCc3cncc(C#N)c3)c(CN[C@@H](C(=O)O)[C@H](C)O)cc2Cl)c1C. The first kappa shape index (κ1) is 52.1. The Morgan fingerprint density at radius 1 is 0.629 bits per heavy atom. The maximum atomic E-state index is 11.9. The zero-order valence-electron chi connectivity index (χ0n) is 38.8. The van der Waals surface area contributed by atoms with Gasteiger partial charge in [0.1, 0.15) is 67.6 Å². The summed E-state index contributed by atoms with van der Waals surface area (Å²) in [5.41, 5.74) is 8.74. The van der Waals surface area contributed by atoms with Crippen LogP contribution >= 0.6 is 23.2 Å². The van der Waals surface area contributed by atoms with Crippen LogP contribution in [-0.2, 0) is 49.0 Å². The van der Waals surface area contributed by atoms with Crippen molar-refractivity contribution in [2.24, 2.45) is 5.92 Å². The fourth-order valence-electron chi connectivity index (χ4n) is 7.69. The van der Waals surface area contributed by atoms with E-state index in [1.54, 1.807) is 48.8 Å². The summed E-state index contributed by atoms with van der Waals surface area (Å²) in [5, 5.41) is 61.6. The highest BCUT2D eigenvalue weighted by Crippen LogP contribution is 2.38. The zero-order valence-corrected chi connectivity index (χ0v) is 40.3.